The molecule has 156 valence electrons. The van der Waals surface area contributed by atoms with Crippen molar-refractivity contribution in [2.45, 2.75) is 18.6 Å². The van der Waals surface area contributed by atoms with Gasteiger partial charge in [-0.05, 0) is 43.2 Å². The van der Waals surface area contributed by atoms with E-state index in [9.17, 15) is 17.6 Å². The minimum Gasteiger partial charge on any atom is -0.323 e. The molecule has 0 saturated carbocycles. The summed E-state index contributed by atoms with van der Waals surface area (Å²) in [5.41, 5.74) is 0.389. The number of amides is 1. The van der Waals surface area contributed by atoms with Gasteiger partial charge in [0.1, 0.15) is 5.82 Å². The number of nitrogens with zero attached hydrogens (tertiary/aromatic N) is 1. The molecule has 2 aromatic carbocycles. The highest BCUT2D eigenvalue weighted by Gasteiger charge is 2.33. The number of piperidine rings is 1. The van der Waals surface area contributed by atoms with Crippen LogP contribution in [0.5, 0.6) is 0 Å². The predicted molar refractivity (Wildman–Crippen MR) is 116 cm³/mol. The van der Waals surface area contributed by atoms with Crippen LogP contribution >= 0.6 is 39.1 Å². The zero-order valence-corrected chi connectivity index (χ0v) is 19.1. The summed E-state index contributed by atoms with van der Waals surface area (Å²) in [6, 6.07) is 9.12. The molecule has 29 heavy (non-hydrogen) atoms. The maximum atomic E-state index is 14.0. The normalized spacial score (nSPS) is 17.9. The third-order valence-corrected chi connectivity index (χ3v) is 7.70. The first-order valence-electron chi connectivity index (χ1n) is 8.84. The molecule has 2 aromatic rings. The van der Waals surface area contributed by atoms with Crippen LogP contribution in [-0.2, 0) is 20.6 Å². The lowest BCUT2D eigenvalue weighted by Crippen LogP contribution is -2.44. The molecule has 3 rings (SSSR count). The lowest BCUT2D eigenvalue weighted by atomic mass is 9.98. The summed E-state index contributed by atoms with van der Waals surface area (Å²) < 4.78 is 41.6. The molecule has 1 aliphatic heterocycles. The molecule has 1 saturated heterocycles. The van der Waals surface area contributed by atoms with Crippen molar-refractivity contribution in [1.29, 1.82) is 0 Å². The lowest BCUT2D eigenvalue weighted by Gasteiger charge is -2.31. The standard InChI is InChI=1S/C19H18BrCl2FN2O3S/c20-13-6-7-18(17(23)9-13)24-19(26)12-3-2-8-25(10-12)29(27,28)11-14-15(21)4-1-5-16(14)22/h1,4-7,9,12H,2-3,8,10-11H2,(H,24,26)/t12-/m1/s1. The smallest absolute Gasteiger partial charge is 0.228 e. The molecule has 1 N–H and O–H groups in total. The van der Waals surface area contributed by atoms with Crippen molar-refractivity contribution in [1.82, 2.24) is 4.31 Å². The predicted octanol–water partition coefficient (Wildman–Crippen LogP) is 5.08. The number of nitrogens with one attached hydrogen (secondary N) is 1. The van der Waals surface area contributed by atoms with Crippen molar-refractivity contribution >= 4 is 60.7 Å². The van der Waals surface area contributed by atoms with Crippen LogP contribution in [-0.4, -0.2) is 31.7 Å². The van der Waals surface area contributed by atoms with Crippen LogP contribution in [0.3, 0.4) is 0 Å². The van der Waals surface area contributed by atoms with Crippen molar-refractivity contribution in [3.05, 3.63) is 62.3 Å². The number of sulfonamides is 1. The Balaban J connectivity index is 1.71. The van der Waals surface area contributed by atoms with Crippen molar-refractivity contribution in [2.75, 3.05) is 18.4 Å². The van der Waals surface area contributed by atoms with Gasteiger partial charge in [-0.15, -0.1) is 0 Å². The highest BCUT2D eigenvalue weighted by Crippen LogP contribution is 2.29. The molecule has 10 heteroatoms. The zero-order chi connectivity index (χ0) is 21.2. The molecule has 1 heterocycles. The van der Waals surface area contributed by atoms with Gasteiger partial charge in [-0.25, -0.2) is 17.1 Å². The maximum Gasteiger partial charge on any atom is 0.228 e. The number of hydrogen-bond donors (Lipinski definition) is 1. The van der Waals surface area contributed by atoms with Crippen LogP contribution in [0.25, 0.3) is 0 Å². The summed E-state index contributed by atoms with van der Waals surface area (Å²) in [6.07, 6.45) is 1.04. The minimum absolute atomic E-state index is 0.0222. The number of hydrogen-bond acceptors (Lipinski definition) is 3. The average molecular weight is 524 g/mol. The Labute approximate surface area is 187 Å². The van der Waals surface area contributed by atoms with Gasteiger partial charge in [0.15, 0.2) is 0 Å². The molecular weight excluding hydrogens is 506 g/mol. The van der Waals surface area contributed by atoms with Gasteiger partial charge < -0.3 is 5.32 Å². The Morgan fingerprint density at radius 3 is 2.59 bits per heavy atom. The summed E-state index contributed by atoms with van der Waals surface area (Å²) >= 11 is 15.4. The summed E-state index contributed by atoms with van der Waals surface area (Å²) in [6.45, 7) is 0.329. The van der Waals surface area contributed by atoms with Gasteiger partial charge in [-0.1, -0.05) is 45.2 Å². The minimum atomic E-state index is -3.73. The van der Waals surface area contributed by atoms with E-state index < -0.39 is 27.7 Å². The molecule has 1 fully saturated rings. The molecule has 0 spiro atoms. The first kappa shape index (κ1) is 22.5. The molecule has 0 bridgehead atoms. The quantitative estimate of drug-likeness (QED) is 0.594. The fourth-order valence-electron chi connectivity index (χ4n) is 3.18. The van der Waals surface area contributed by atoms with Crippen LogP contribution in [0.15, 0.2) is 40.9 Å². The molecule has 5 nitrogen and oxygen atoms in total. The van der Waals surface area contributed by atoms with Gasteiger partial charge in [0, 0.05) is 33.2 Å². The van der Waals surface area contributed by atoms with Gasteiger partial charge in [0.05, 0.1) is 17.4 Å². The summed E-state index contributed by atoms with van der Waals surface area (Å²) in [7, 11) is -3.73. The van der Waals surface area contributed by atoms with Crippen molar-refractivity contribution in [3.8, 4) is 0 Å². The van der Waals surface area contributed by atoms with E-state index in [-0.39, 0.29) is 28.0 Å². The molecule has 0 aliphatic carbocycles. The monoisotopic (exact) mass is 522 g/mol. The largest absolute Gasteiger partial charge is 0.323 e. The van der Waals surface area contributed by atoms with E-state index in [1.807, 2.05) is 0 Å². The maximum absolute atomic E-state index is 14.0. The second kappa shape index (κ2) is 9.31. The first-order valence-corrected chi connectivity index (χ1v) is 12.0. The third kappa shape index (κ3) is 5.49. The molecule has 0 radical (unpaired) electrons. The van der Waals surface area contributed by atoms with Gasteiger partial charge in [0.2, 0.25) is 15.9 Å². The molecule has 1 atom stereocenters. The van der Waals surface area contributed by atoms with Crippen LogP contribution in [0.1, 0.15) is 18.4 Å². The Morgan fingerprint density at radius 1 is 1.24 bits per heavy atom. The third-order valence-electron chi connectivity index (χ3n) is 4.73. The molecule has 1 amide bonds. The second-order valence-corrected chi connectivity index (χ2v) is 10.5. The van der Waals surface area contributed by atoms with E-state index in [1.54, 1.807) is 24.3 Å². The number of halogens is 4. The average Bonchev–Trinajstić information content (AvgIpc) is 2.67. The van der Waals surface area contributed by atoms with E-state index >= 15 is 0 Å². The van der Waals surface area contributed by atoms with E-state index in [0.29, 0.717) is 29.4 Å². The Bertz CT molecular complexity index is 1020. The van der Waals surface area contributed by atoms with E-state index in [4.69, 9.17) is 23.2 Å². The Hall–Kier alpha value is -1.19. The van der Waals surface area contributed by atoms with Crippen LogP contribution in [0.4, 0.5) is 10.1 Å². The van der Waals surface area contributed by atoms with Gasteiger partial charge in [-0.3, -0.25) is 4.79 Å². The highest BCUT2D eigenvalue weighted by atomic mass is 79.9. The Kier molecular flexibility index (Phi) is 7.22. The summed E-state index contributed by atoms with van der Waals surface area (Å²) in [4.78, 5) is 12.6. The molecule has 0 unspecified atom stereocenters. The molecule has 1 aliphatic rings. The molecular formula is C19H18BrCl2FN2O3S. The number of carbonyl (C=O) groups excluding carboxylic acids is 1. The number of carbonyl (C=O) groups is 1. The molecule has 0 aromatic heterocycles. The number of benzene rings is 2. The van der Waals surface area contributed by atoms with E-state index in [2.05, 4.69) is 21.2 Å². The fourth-order valence-corrected chi connectivity index (χ4v) is 5.87. The van der Waals surface area contributed by atoms with Crippen LogP contribution in [0, 0.1) is 11.7 Å². The lowest BCUT2D eigenvalue weighted by molar-refractivity contribution is -0.120. The van der Waals surface area contributed by atoms with Crippen molar-refractivity contribution < 1.29 is 17.6 Å². The first-order chi connectivity index (χ1) is 13.7. The second-order valence-electron chi connectivity index (χ2n) is 6.77. The van der Waals surface area contributed by atoms with Gasteiger partial charge in [-0.2, -0.15) is 0 Å². The number of rotatable bonds is 5. The van der Waals surface area contributed by atoms with E-state index in [0.717, 1.165) is 0 Å². The highest BCUT2D eigenvalue weighted by molar-refractivity contribution is 9.10. The van der Waals surface area contributed by atoms with Crippen molar-refractivity contribution in [2.24, 2.45) is 5.92 Å². The van der Waals surface area contributed by atoms with Crippen molar-refractivity contribution in [3.63, 3.8) is 0 Å². The van der Waals surface area contributed by atoms with Gasteiger partial charge in [0.25, 0.3) is 0 Å². The summed E-state index contributed by atoms with van der Waals surface area (Å²) in [5.74, 6) is -1.91. The SMILES string of the molecule is O=C(Nc1ccc(Br)cc1F)[C@@H]1CCCN(S(=O)(=O)Cc2c(Cl)cccc2Cl)C1. The van der Waals surface area contributed by atoms with E-state index in [1.165, 1.54) is 16.4 Å². The Morgan fingerprint density at radius 2 is 1.93 bits per heavy atom. The van der Waals surface area contributed by atoms with Gasteiger partial charge >= 0.3 is 0 Å². The van der Waals surface area contributed by atoms with Crippen LogP contribution in [0.2, 0.25) is 10.0 Å². The van der Waals surface area contributed by atoms with Crippen LogP contribution < -0.4 is 5.32 Å². The summed E-state index contributed by atoms with van der Waals surface area (Å²) in [5, 5.41) is 3.10. The number of anilines is 1. The zero-order valence-electron chi connectivity index (χ0n) is 15.2. The fraction of sp³-hybridized carbons (Fsp3) is 0.316. The topological polar surface area (TPSA) is 66.5 Å².